The number of rotatable bonds is 4. The quantitative estimate of drug-likeness (QED) is 0.800. The average molecular weight is 268 g/mol. The summed E-state index contributed by atoms with van der Waals surface area (Å²) in [6.45, 7) is 2.69. The van der Waals surface area contributed by atoms with Crippen LogP contribution in [0.15, 0.2) is 23.1 Å². The molecule has 1 atom stereocenters. The third-order valence-electron chi connectivity index (χ3n) is 3.28. The molecule has 1 saturated heterocycles. The maximum absolute atomic E-state index is 9.45. The highest BCUT2D eigenvalue weighted by Gasteiger charge is 2.24. The molecule has 1 unspecified atom stereocenters. The zero-order valence-electron chi connectivity index (χ0n) is 10.6. The van der Waals surface area contributed by atoms with Gasteiger partial charge in [0.15, 0.2) is 0 Å². The van der Waals surface area contributed by atoms with E-state index in [1.54, 1.807) is 11.8 Å². The fourth-order valence-corrected chi connectivity index (χ4v) is 2.99. The van der Waals surface area contributed by atoms with Crippen LogP contribution >= 0.6 is 11.8 Å². The summed E-state index contributed by atoms with van der Waals surface area (Å²) in [4.78, 5) is 3.42. The van der Waals surface area contributed by atoms with Crippen LogP contribution in [-0.2, 0) is 11.3 Å². The Morgan fingerprint density at radius 3 is 3.06 bits per heavy atom. The lowest BCUT2D eigenvalue weighted by Crippen LogP contribution is -2.48. The van der Waals surface area contributed by atoms with Crippen LogP contribution in [0.2, 0.25) is 0 Å². The van der Waals surface area contributed by atoms with Gasteiger partial charge in [0, 0.05) is 29.2 Å². The molecular weight excluding hydrogens is 248 g/mol. The summed E-state index contributed by atoms with van der Waals surface area (Å²) in [5.74, 6) is 0. The van der Waals surface area contributed by atoms with E-state index in [2.05, 4.69) is 23.3 Å². The lowest BCUT2D eigenvalue weighted by Gasteiger charge is -2.37. The molecule has 0 bridgehead atoms. The molecular formula is C13H20N2O2S. The van der Waals surface area contributed by atoms with Gasteiger partial charge in [-0.3, -0.25) is 0 Å². The van der Waals surface area contributed by atoms with Gasteiger partial charge in [0.25, 0.3) is 0 Å². The predicted octanol–water partition coefficient (Wildman–Crippen LogP) is 1.06. The standard InChI is InChI=1S/C13H20N2O2S/c1-18-13-4-2-3-12(11(13)7-14)15-5-6-17-9-10(15)8-16/h2-4,10,16H,5-9,14H2,1H3. The van der Waals surface area contributed by atoms with E-state index in [0.29, 0.717) is 19.8 Å². The Hall–Kier alpha value is -0.750. The summed E-state index contributed by atoms with van der Waals surface area (Å²) in [5, 5.41) is 9.45. The van der Waals surface area contributed by atoms with Crippen LogP contribution in [0.25, 0.3) is 0 Å². The molecule has 100 valence electrons. The number of aliphatic hydroxyl groups excluding tert-OH is 1. The molecule has 0 spiro atoms. The second-order valence-electron chi connectivity index (χ2n) is 4.27. The highest BCUT2D eigenvalue weighted by Crippen LogP contribution is 2.31. The molecule has 0 aliphatic carbocycles. The number of hydrogen-bond acceptors (Lipinski definition) is 5. The van der Waals surface area contributed by atoms with Gasteiger partial charge in [0.2, 0.25) is 0 Å². The van der Waals surface area contributed by atoms with Crippen molar-refractivity contribution in [3.63, 3.8) is 0 Å². The molecule has 1 fully saturated rings. The second-order valence-corrected chi connectivity index (χ2v) is 5.11. The summed E-state index contributed by atoms with van der Waals surface area (Å²) >= 11 is 1.71. The molecule has 1 aliphatic rings. The normalized spacial score (nSPS) is 20.2. The van der Waals surface area contributed by atoms with Gasteiger partial charge < -0.3 is 20.5 Å². The van der Waals surface area contributed by atoms with Crippen LogP contribution < -0.4 is 10.6 Å². The Labute approximate surface area is 112 Å². The first kappa shape index (κ1) is 13.7. The van der Waals surface area contributed by atoms with E-state index in [1.807, 2.05) is 6.07 Å². The number of nitrogens with zero attached hydrogens (tertiary/aromatic N) is 1. The molecule has 18 heavy (non-hydrogen) atoms. The van der Waals surface area contributed by atoms with Crippen LogP contribution in [0.4, 0.5) is 5.69 Å². The van der Waals surface area contributed by atoms with Crippen molar-refractivity contribution in [2.24, 2.45) is 5.73 Å². The third kappa shape index (κ3) is 2.64. The summed E-state index contributed by atoms with van der Waals surface area (Å²) in [6.07, 6.45) is 2.06. The van der Waals surface area contributed by atoms with Crippen molar-refractivity contribution in [3.8, 4) is 0 Å². The van der Waals surface area contributed by atoms with Crippen LogP contribution in [-0.4, -0.2) is 43.8 Å². The maximum atomic E-state index is 9.45. The summed E-state index contributed by atoms with van der Waals surface area (Å²) < 4.78 is 5.42. The first-order chi connectivity index (χ1) is 8.81. The molecule has 0 saturated carbocycles. The molecule has 3 N–H and O–H groups in total. The molecule has 1 heterocycles. The average Bonchev–Trinajstić information content (AvgIpc) is 2.46. The SMILES string of the molecule is CSc1cccc(N2CCOCC2CO)c1CN. The zero-order valence-corrected chi connectivity index (χ0v) is 11.4. The first-order valence-corrected chi connectivity index (χ1v) is 7.35. The number of nitrogens with two attached hydrogens (primary N) is 1. The van der Waals surface area contributed by atoms with Gasteiger partial charge >= 0.3 is 0 Å². The molecule has 5 heteroatoms. The van der Waals surface area contributed by atoms with E-state index < -0.39 is 0 Å². The highest BCUT2D eigenvalue weighted by atomic mass is 32.2. The Kier molecular flexibility index (Phi) is 4.88. The Balaban J connectivity index is 2.36. The fraction of sp³-hybridized carbons (Fsp3) is 0.538. The number of aliphatic hydroxyl groups is 1. The van der Waals surface area contributed by atoms with E-state index in [9.17, 15) is 5.11 Å². The van der Waals surface area contributed by atoms with Crippen LogP contribution in [0.3, 0.4) is 0 Å². The predicted molar refractivity (Wildman–Crippen MR) is 75.2 cm³/mol. The maximum Gasteiger partial charge on any atom is 0.0755 e. The largest absolute Gasteiger partial charge is 0.394 e. The van der Waals surface area contributed by atoms with Crippen molar-refractivity contribution >= 4 is 17.4 Å². The van der Waals surface area contributed by atoms with E-state index in [1.165, 1.54) is 4.90 Å². The van der Waals surface area contributed by atoms with Gasteiger partial charge in [-0.2, -0.15) is 0 Å². The van der Waals surface area contributed by atoms with Crippen LogP contribution in [0.5, 0.6) is 0 Å². The van der Waals surface area contributed by atoms with Crippen LogP contribution in [0.1, 0.15) is 5.56 Å². The number of morpholine rings is 1. The monoisotopic (exact) mass is 268 g/mol. The van der Waals surface area contributed by atoms with Gasteiger partial charge in [0.05, 0.1) is 25.9 Å². The first-order valence-electron chi connectivity index (χ1n) is 6.13. The third-order valence-corrected chi connectivity index (χ3v) is 4.10. The van der Waals surface area contributed by atoms with Gasteiger partial charge in [-0.15, -0.1) is 11.8 Å². The van der Waals surface area contributed by atoms with E-state index in [-0.39, 0.29) is 12.6 Å². The Bertz CT molecular complexity index is 401. The topological polar surface area (TPSA) is 58.7 Å². The Morgan fingerprint density at radius 2 is 2.39 bits per heavy atom. The molecule has 0 radical (unpaired) electrons. The van der Waals surface area contributed by atoms with Crippen molar-refractivity contribution < 1.29 is 9.84 Å². The molecule has 0 aromatic heterocycles. The smallest absolute Gasteiger partial charge is 0.0755 e. The minimum atomic E-state index is 0.0288. The second kappa shape index (κ2) is 6.43. The van der Waals surface area contributed by atoms with Crippen molar-refractivity contribution in [1.29, 1.82) is 0 Å². The molecule has 4 nitrogen and oxygen atoms in total. The number of benzene rings is 1. The van der Waals surface area contributed by atoms with Gasteiger partial charge in [0.1, 0.15) is 0 Å². The molecule has 1 aromatic carbocycles. The van der Waals surface area contributed by atoms with E-state index in [0.717, 1.165) is 17.8 Å². The van der Waals surface area contributed by atoms with Crippen molar-refractivity contribution in [2.75, 3.05) is 37.5 Å². The fourth-order valence-electron chi connectivity index (χ4n) is 2.34. The summed E-state index contributed by atoms with van der Waals surface area (Å²) in [7, 11) is 0. The molecule has 0 amide bonds. The van der Waals surface area contributed by atoms with Gasteiger partial charge in [-0.05, 0) is 18.4 Å². The Morgan fingerprint density at radius 1 is 1.56 bits per heavy atom. The van der Waals surface area contributed by atoms with Crippen molar-refractivity contribution in [1.82, 2.24) is 0 Å². The minimum Gasteiger partial charge on any atom is -0.394 e. The van der Waals surface area contributed by atoms with Crippen molar-refractivity contribution in [3.05, 3.63) is 23.8 Å². The van der Waals surface area contributed by atoms with Gasteiger partial charge in [-0.25, -0.2) is 0 Å². The highest BCUT2D eigenvalue weighted by molar-refractivity contribution is 7.98. The van der Waals surface area contributed by atoms with E-state index in [4.69, 9.17) is 10.5 Å². The van der Waals surface area contributed by atoms with Gasteiger partial charge in [-0.1, -0.05) is 6.07 Å². The summed E-state index contributed by atoms with van der Waals surface area (Å²) in [5.41, 5.74) is 8.18. The van der Waals surface area contributed by atoms with Crippen molar-refractivity contribution in [2.45, 2.75) is 17.5 Å². The summed E-state index contributed by atoms with van der Waals surface area (Å²) in [6, 6.07) is 6.24. The number of anilines is 1. The van der Waals surface area contributed by atoms with Crippen LogP contribution in [0, 0.1) is 0 Å². The number of ether oxygens (including phenoxy) is 1. The molecule has 2 rings (SSSR count). The molecule has 1 aliphatic heterocycles. The minimum absolute atomic E-state index is 0.0288. The lowest BCUT2D eigenvalue weighted by atomic mass is 10.1. The number of hydrogen-bond donors (Lipinski definition) is 2. The zero-order chi connectivity index (χ0) is 13.0. The lowest BCUT2D eigenvalue weighted by molar-refractivity contribution is 0.0726. The number of thioether (sulfide) groups is 1. The molecule has 1 aromatic rings. The van der Waals surface area contributed by atoms with E-state index >= 15 is 0 Å².